The zero-order valence-corrected chi connectivity index (χ0v) is 11.9. The molecule has 1 unspecified atom stereocenters. The lowest BCUT2D eigenvalue weighted by Gasteiger charge is -2.21. The number of carbonyl (C=O) groups excluding carboxylic acids is 1. The highest BCUT2D eigenvalue weighted by atomic mass is 16.1. The number of amides is 1. The van der Waals surface area contributed by atoms with Gasteiger partial charge in [-0.15, -0.1) is 0 Å². The monoisotopic (exact) mass is 254 g/mol. The van der Waals surface area contributed by atoms with Crippen molar-refractivity contribution in [3.63, 3.8) is 0 Å². The van der Waals surface area contributed by atoms with Crippen molar-refractivity contribution in [1.82, 2.24) is 5.32 Å². The van der Waals surface area contributed by atoms with Gasteiger partial charge in [-0.05, 0) is 31.2 Å². The first-order valence-electron chi connectivity index (χ1n) is 7.73. The molecule has 1 aliphatic rings. The summed E-state index contributed by atoms with van der Waals surface area (Å²) < 4.78 is 0. The fraction of sp³-hybridized carbons (Fsp3) is 0.933. The van der Waals surface area contributed by atoms with Crippen LogP contribution in [-0.2, 0) is 4.79 Å². The predicted molar refractivity (Wildman–Crippen MR) is 76.3 cm³/mol. The van der Waals surface area contributed by atoms with Crippen molar-refractivity contribution in [1.29, 1.82) is 0 Å². The highest BCUT2D eigenvalue weighted by Crippen LogP contribution is 2.27. The zero-order valence-electron chi connectivity index (χ0n) is 11.9. The maximum absolute atomic E-state index is 11.8. The van der Waals surface area contributed by atoms with E-state index in [1.54, 1.807) is 0 Å². The third-order valence-corrected chi connectivity index (χ3v) is 4.24. The third-order valence-electron chi connectivity index (χ3n) is 4.24. The van der Waals surface area contributed by atoms with Crippen molar-refractivity contribution in [3.8, 4) is 0 Å². The highest BCUT2D eigenvalue weighted by molar-refractivity contribution is 5.75. The molecule has 1 saturated carbocycles. The number of nitrogens with two attached hydrogens (primary N) is 1. The van der Waals surface area contributed by atoms with E-state index >= 15 is 0 Å². The Balaban J connectivity index is 2.08. The van der Waals surface area contributed by atoms with Gasteiger partial charge in [-0.2, -0.15) is 0 Å². The van der Waals surface area contributed by atoms with Gasteiger partial charge in [0.05, 0.1) is 0 Å². The van der Waals surface area contributed by atoms with Gasteiger partial charge in [0, 0.05) is 13.0 Å². The molecule has 106 valence electrons. The van der Waals surface area contributed by atoms with Gasteiger partial charge in [-0.3, -0.25) is 4.79 Å². The Bertz CT molecular complexity index is 214. The van der Waals surface area contributed by atoms with Crippen molar-refractivity contribution in [2.45, 2.75) is 64.7 Å². The van der Waals surface area contributed by atoms with E-state index in [9.17, 15) is 4.79 Å². The average molecular weight is 254 g/mol. The second-order valence-electron chi connectivity index (χ2n) is 5.70. The van der Waals surface area contributed by atoms with Crippen LogP contribution >= 0.6 is 0 Å². The first-order chi connectivity index (χ1) is 8.76. The molecule has 3 N–H and O–H groups in total. The largest absolute Gasteiger partial charge is 0.356 e. The lowest BCUT2D eigenvalue weighted by atomic mass is 9.86. The molecule has 1 aliphatic carbocycles. The van der Waals surface area contributed by atoms with Gasteiger partial charge in [-0.1, -0.05) is 45.4 Å². The summed E-state index contributed by atoms with van der Waals surface area (Å²) in [5, 5.41) is 3.06. The Kier molecular flexibility index (Phi) is 8.06. The van der Waals surface area contributed by atoms with Crippen LogP contribution in [0.4, 0.5) is 0 Å². The smallest absolute Gasteiger partial charge is 0.220 e. The van der Waals surface area contributed by atoms with Crippen LogP contribution in [0.25, 0.3) is 0 Å². The van der Waals surface area contributed by atoms with E-state index in [2.05, 4.69) is 12.2 Å². The molecule has 1 atom stereocenters. The van der Waals surface area contributed by atoms with Crippen LogP contribution in [0, 0.1) is 11.8 Å². The number of nitrogens with one attached hydrogen (secondary N) is 1. The van der Waals surface area contributed by atoms with E-state index in [-0.39, 0.29) is 5.91 Å². The molecule has 0 heterocycles. The standard InChI is InChI=1S/C15H30N2O/c1-2-13(10-11-16)12-17-15(18)9-8-14-6-4-3-5-7-14/h13-14H,2-12,16H2,1H3,(H,17,18). The number of carbonyl (C=O) groups is 1. The van der Waals surface area contributed by atoms with Gasteiger partial charge in [0.1, 0.15) is 0 Å². The molecule has 18 heavy (non-hydrogen) atoms. The number of rotatable bonds is 8. The van der Waals surface area contributed by atoms with Crippen molar-refractivity contribution >= 4 is 5.91 Å². The molecule has 3 nitrogen and oxygen atoms in total. The topological polar surface area (TPSA) is 55.1 Å². The van der Waals surface area contributed by atoms with Crippen LogP contribution < -0.4 is 11.1 Å². The van der Waals surface area contributed by atoms with Gasteiger partial charge in [0.15, 0.2) is 0 Å². The van der Waals surface area contributed by atoms with Gasteiger partial charge in [-0.25, -0.2) is 0 Å². The SMILES string of the molecule is CCC(CCN)CNC(=O)CCC1CCCCC1. The summed E-state index contributed by atoms with van der Waals surface area (Å²) in [6.45, 7) is 3.68. The third kappa shape index (κ3) is 6.39. The molecule has 0 aromatic carbocycles. The number of hydrogen-bond donors (Lipinski definition) is 2. The van der Waals surface area contributed by atoms with E-state index in [0.29, 0.717) is 12.3 Å². The molecule has 1 fully saturated rings. The van der Waals surface area contributed by atoms with E-state index in [1.165, 1.54) is 32.1 Å². The minimum atomic E-state index is 0.232. The first-order valence-corrected chi connectivity index (χ1v) is 7.73. The molecular weight excluding hydrogens is 224 g/mol. The molecule has 1 rings (SSSR count). The molecule has 0 saturated heterocycles. The summed E-state index contributed by atoms with van der Waals surface area (Å²) >= 11 is 0. The molecule has 0 aromatic rings. The van der Waals surface area contributed by atoms with Crippen LogP contribution in [0.1, 0.15) is 64.7 Å². The van der Waals surface area contributed by atoms with Crippen molar-refractivity contribution in [2.75, 3.05) is 13.1 Å². The first kappa shape index (κ1) is 15.5. The summed E-state index contributed by atoms with van der Waals surface area (Å²) in [4.78, 5) is 11.8. The fourth-order valence-electron chi connectivity index (χ4n) is 2.84. The van der Waals surface area contributed by atoms with E-state index in [0.717, 1.165) is 38.3 Å². The minimum absolute atomic E-state index is 0.232. The van der Waals surface area contributed by atoms with Crippen molar-refractivity contribution < 1.29 is 4.79 Å². The van der Waals surface area contributed by atoms with Crippen LogP contribution in [0.5, 0.6) is 0 Å². The second kappa shape index (κ2) is 9.37. The van der Waals surface area contributed by atoms with Gasteiger partial charge in [0.2, 0.25) is 5.91 Å². The molecule has 0 aromatic heterocycles. The molecule has 0 bridgehead atoms. The van der Waals surface area contributed by atoms with Gasteiger partial charge < -0.3 is 11.1 Å². The Labute approximate surface area is 112 Å². The summed E-state index contributed by atoms with van der Waals surface area (Å²) in [6.07, 6.45) is 10.7. The Morgan fingerprint density at radius 1 is 1.33 bits per heavy atom. The zero-order chi connectivity index (χ0) is 13.2. The normalized spacial score (nSPS) is 18.6. The maximum Gasteiger partial charge on any atom is 0.220 e. The summed E-state index contributed by atoms with van der Waals surface area (Å²) in [5.41, 5.74) is 5.55. The van der Waals surface area contributed by atoms with Crippen LogP contribution in [0.3, 0.4) is 0 Å². The lowest BCUT2D eigenvalue weighted by molar-refractivity contribution is -0.121. The molecule has 0 spiro atoms. The number of hydrogen-bond acceptors (Lipinski definition) is 2. The maximum atomic E-state index is 11.8. The molecular formula is C15H30N2O. The van der Waals surface area contributed by atoms with Crippen LogP contribution in [0.2, 0.25) is 0 Å². The van der Waals surface area contributed by atoms with Crippen LogP contribution in [0.15, 0.2) is 0 Å². The minimum Gasteiger partial charge on any atom is -0.356 e. The Hall–Kier alpha value is -0.570. The lowest BCUT2D eigenvalue weighted by Crippen LogP contribution is -2.30. The molecule has 3 heteroatoms. The van der Waals surface area contributed by atoms with Crippen molar-refractivity contribution in [3.05, 3.63) is 0 Å². The second-order valence-corrected chi connectivity index (χ2v) is 5.70. The van der Waals surface area contributed by atoms with Gasteiger partial charge in [0.25, 0.3) is 0 Å². The summed E-state index contributed by atoms with van der Waals surface area (Å²) in [5.74, 6) is 1.58. The van der Waals surface area contributed by atoms with Crippen LogP contribution in [-0.4, -0.2) is 19.0 Å². The summed E-state index contributed by atoms with van der Waals surface area (Å²) in [7, 11) is 0. The van der Waals surface area contributed by atoms with Crippen molar-refractivity contribution in [2.24, 2.45) is 17.6 Å². The predicted octanol–water partition coefficient (Wildman–Crippen LogP) is 2.84. The Morgan fingerprint density at radius 2 is 2.06 bits per heavy atom. The quantitative estimate of drug-likeness (QED) is 0.700. The Morgan fingerprint density at radius 3 is 2.67 bits per heavy atom. The summed E-state index contributed by atoms with van der Waals surface area (Å²) in [6, 6.07) is 0. The van der Waals surface area contributed by atoms with E-state index in [1.807, 2.05) is 0 Å². The average Bonchev–Trinajstić information content (AvgIpc) is 2.42. The van der Waals surface area contributed by atoms with E-state index < -0.39 is 0 Å². The van der Waals surface area contributed by atoms with Gasteiger partial charge >= 0.3 is 0 Å². The molecule has 0 aliphatic heterocycles. The fourth-order valence-corrected chi connectivity index (χ4v) is 2.84. The molecule has 0 radical (unpaired) electrons. The highest BCUT2D eigenvalue weighted by Gasteiger charge is 2.15. The van der Waals surface area contributed by atoms with E-state index in [4.69, 9.17) is 5.73 Å². The molecule has 1 amide bonds.